The molecule has 0 heterocycles. The van der Waals surface area contributed by atoms with Crippen LogP contribution in [0.1, 0.15) is 23.6 Å². The summed E-state index contributed by atoms with van der Waals surface area (Å²) in [6.45, 7) is 3.47. The van der Waals surface area contributed by atoms with Crippen LogP contribution in [0, 0.1) is 6.92 Å². The number of anilines is 1. The van der Waals surface area contributed by atoms with E-state index in [9.17, 15) is 18.0 Å². The molecule has 4 aromatic rings. The highest BCUT2D eigenvalue weighted by Crippen LogP contribution is 2.28. The third kappa shape index (κ3) is 7.38. The molecule has 1 N–H and O–H groups in total. The molecule has 0 radical (unpaired) electrons. The molecule has 0 fully saturated rings. The average molecular weight is 604 g/mol. The Morgan fingerprint density at radius 3 is 2.07 bits per heavy atom. The minimum absolute atomic E-state index is 0.0140. The second-order valence-corrected chi connectivity index (χ2v) is 12.1. The lowest BCUT2D eigenvalue weighted by Crippen LogP contribution is -2.53. The summed E-state index contributed by atoms with van der Waals surface area (Å²) < 4.78 is 29.1. The third-order valence-electron chi connectivity index (χ3n) is 6.91. The van der Waals surface area contributed by atoms with Crippen molar-refractivity contribution in [2.24, 2.45) is 0 Å². The molecular weight excluding hydrogens is 570 g/mol. The van der Waals surface area contributed by atoms with Crippen LogP contribution < -0.4 is 9.62 Å². The maximum absolute atomic E-state index is 14.4. The van der Waals surface area contributed by atoms with Crippen molar-refractivity contribution in [3.8, 4) is 0 Å². The van der Waals surface area contributed by atoms with Gasteiger partial charge in [-0.3, -0.25) is 13.9 Å². The van der Waals surface area contributed by atoms with Crippen LogP contribution in [-0.4, -0.2) is 44.3 Å². The number of carbonyl (C=O) groups is 2. The standard InChI is InChI=1S/C33H34ClN3O4S/c1-3-35-33(39)31(22-26-15-6-4-7-16-26)36(23-27-17-11-12-20-29(27)34)32(38)24-37(30-21-13-10-14-25(30)2)42(40,41)28-18-8-5-9-19-28/h4-21,31H,3,22-24H2,1-2H3,(H,35,39)/t31-/m0/s1. The van der Waals surface area contributed by atoms with E-state index >= 15 is 0 Å². The fourth-order valence-electron chi connectivity index (χ4n) is 4.73. The lowest BCUT2D eigenvalue weighted by Gasteiger charge is -2.34. The molecule has 9 heteroatoms. The highest BCUT2D eigenvalue weighted by molar-refractivity contribution is 7.92. The lowest BCUT2D eigenvalue weighted by molar-refractivity contribution is -0.140. The first kappa shape index (κ1) is 30.8. The first-order valence-electron chi connectivity index (χ1n) is 13.7. The molecule has 0 bridgehead atoms. The maximum atomic E-state index is 14.4. The topological polar surface area (TPSA) is 86.8 Å². The van der Waals surface area contributed by atoms with Gasteiger partial charge in [-0.25, -0.2) is 8.42 Å². The van der Waals surface area contributed by atoms with Crippen LogP contribution in [0.5, 0.6) is 0 Å². The zero-order valence-corrected chi connectivity index (χ0v) is 25.2. The lowest BCUT2D eigenvalue weighted by atomic mass is 10.0. The monoisotopic (exact) mass is 603 g/mol. The van der Waals surface area contributed by atoms with Crippen molar-refractivity contribution < 1.29 is 18.0 Å². The summed E-state index contributed by atoms with van der Waals surface area (Å²) in [5, 5.41) is 3.30. The zero-order chi connectivity index (χ0) is 30.1. The van der Waals surface area contributed by atoms with Crippen LogP contribution in [-0.2, 0) is 32.6 Å². The molecule has 0 spiro atoms. The van der Waals surface area contributed by atoms with Gasteiger partial charge in [-0.1, -0.05) is 96.5 Å². The molecule has 0 aliphatic rings. The second kappa shape index (κ2) is 14.2. The molecule has 0 saturated carbocycles. The molecule has 0 saturated heterocycles. The van der Waals surface area contributed by atoms with Crippen molar-refractivity contribution in [3.05, 3.63) is 131 Å². The van der Waals surface area contributed by atoms with Crippen LogP contribution in [0.3, 0.4) is 0 Å². The van der Waals surface area contributed by atoms with Crippen molar-refractivity contribution >= 4 is 39.1 Å². The highest BCUT2D eigenvalue weighted by Gasteiger charge is 2.35. The summed E-state index contributed by atoms with van der Waals surface area (Å²) in [7, 11) is -4.14. The Balaban J connectivity index is 1.81. The maximum Gasteiger partial charge on any atom is 0.264 e. The summed E-state index contributed by atoms with van der Waals surface area (Å²) in [5.74, 6) is -0.875. The molecule has 1 atom stereocenters. The minimum Gasteiger partial charge on any atom is -0.355 e. The predicted molar refractivity (Wildman–Crippen MR) is 167 cm³/mol. The smallest absolute Gasteiger partial charge is 0.264 e. The minimum atomic E-state index is -4.14. The van der Waals surface area contributed by atoms with Gasteiger partial charge in [0.05, 0.1) is 10.6 Å². The molecule has 0 aromatic heterocycles. The van der Waals surface area contributed by atoms with E-state index in [1.54, 1.807) is 61.5 Å². The van der Waals surface area contributed by atoms with Crippen LogP contribution >= 0.6 is 11.6 Å². The largest absolute Gasteiger partial charge is 0.355 e. The van der Waals surface area contributed by atoms with E-state index in [-0.39, 0.29) is 23.8 Å². The van der Waals surface area contributed by atoms with Crippen LogP contribution in [0.4, 0.5) is 5.69 Å². The van der Waals surface area contributed by atoms with Gasteiger partial charge in [0.15, 0.2) is 0 Å². The SMILES string of the molecule is CCNC(=O)[C@H](Cc1ccccc1)N(Cc1ccccc1Cl)C(=O)CN(c1ccccc1C)S(=O)(=O)c1ccccc1. The Kier molecular flexibility index (Phi) is 10.4. The molecule has 42 heavy (non-hydrogen) atoms. The molecule has 4 aromatic carbocycles. The average Bonchev–Trinajstić information content (AvgIpc) is 3.00. The third-order valence-corrected chi connectivity index (χ3v) is 9.06. The predicted octanol–water partition coefficient (Wildman–Crippen LogP) is 5.62. The van der Waals surface area contributed by atoms with Crippen LogP contribution in [0.15, 0.2) is 114 Å². The molecular formula is C33H34ClN3O4S. The molecule has 0 unspecified atom stereocenters. The van der Waals surface area contributed by atoms with Gasteiger partial charge in [-0.2, -0.15) is 0 Å². The number of benzene rings is 4. The van der Waals surface area contributed by atoms with Gasteiger partial charge in [0.2, 0.25) is 11.8 Å². The number of nitrogens with one attached hydrogen (secondary N) is 1. The number of nitrogens with zero attached hydrogens (tertiary/aromatic N) is 2. The van der Waals surface area contributed by atoms with E-state index in [4.69, 9.17) is 11.6 Å². The number of aryl methyl sites for hydroxylation is 1. The zero-order valence-electron chi connectivity index (χ0n) is 23.6. The molecule has 7 nitrogen and oxygen atoms in total. The summed E-state index contributed by atoms with van der Waals surface area (Å²) in [5.41, 5.74) is 2.57. The van der Waals surface area contributed by atoms with Crippen molar-refractivity contribution in [3.63, 3.8) is 0 Å². The fraction of sp³-hybridized carbons (Fsp3) is 0.212. The van der Waals surface area contributed by atoms with E-state index in [0.29, 0.717) is 28.4 Å². The van der Waals surface area contributed by atoms with Crippen LogP contribution in [0.25, 0.3) is 0 Å². The highest BCUT2D eigenvalue weighted by atomic mass is 35.5. The Bertz CT molecular complexity index is 1610. The molecule has 0 aliphatic carbocycles. The first-order chi connectivity index (χ1) is 20.2. The Labute approximate surface area is 252 Å². The van der Waals surface area contributed by atoms with E-state index in [0.717, 1.165) is 9.87 Å². The van der Waals surface area contributed by atoms with E-state index in [2.05, 4.69) is 5.32 Å². The van der Waals surface area contributed by atoms with Crippen molar-refractivity contribution in [1.82, 2.24) is 10.2 Å². The number of amides is 2. The summed E-state index contributed by atoms with van der Waals surface area (Å²) in [6.07, 6.45) is 0.235. The number of likely N-dealkylation sites (N-methyl/N-ethyl adjacent to an activating group) is 1. The summed E-state index contributed by atoms with van der Waals surface area (Å²) >= 11 is 6.51. The molecule has 2 amide bonds. The molecule has 218 valence electrons. The van der Waals surface area contributed by atoms with Gasteiger partial charge in [0.25, 0.3) is 10.0 Å². The number of halogens is 1. The number of sulfonamides is 1. The summed E-state index contributed by atoms with van der Waals surface area (Å²) in [6, 6.07) is 30.6. The summed E-state index contributed by atoms with van der Waals surface area (Å²) in [4.78, 5) is 29.4. The van der Waals surface area contributed by atoms with E-state index in [1.165, 1.54) is 17.0 Å². The number of para-hydroxylation sites is 1. The van der Waals surface area contributed by atoms with Gasteiger partial charge < -0.3 is 10.2 Å². The van der Waals surface area contributed by atoms with E-state index < -0.39 is 28.5 Å². The van der Waals surface area contributed by atoms with Gasteiger partial charge in [0.1, 0.15) is 12.6 Å². The van der Waals surface area contributed by atoms with Crippen molar-refractivity contribution in [2.75, 3.05) is 17.4 Å². The van der Waals surface area contributed by atoms with Gasteiger partial charge in [0, 0.05) is 24.5 Å². The van der Waals surface area contributed by atoms with Crippen LogP contribution in [0.2, 0.25) is 5.02 Å². The number of hydrogen-bond acceptors (Lipinski definition) is 4. The van der Waals surface area contributed by atoms with Gasteiger partial charge in [-0.15, -0.1) is 0 Å². The van der Waals surface area contributed by atoms with Crippen molar-refractivity contribution in [1.29, 1.82) is 0 Å². The number of carbonyl (C=O) groups excluding carboxylic acids is 2. The second-order valence-electron chi connectivity index (χ2n) is 9.82. The number of rotatable bonds is 12. The van der Waals surface area contributed by atoms with Gasteiger partial charge >= 0.3 is 0 Å². The number of hydrogen-bond donors (Lipinski definition) is 1. The first-order valence-corrected chi connectivity index (χ1v) is 15.5. The Hall–Kier alpha value is -4.14. The normalized spacial score (nSPS) is 11.9. The van der Waals surface area contributed by atoms with Gasteiger partial charge in [-0.05, 0) is 54.8 Å². The Morgan fingerprint density at radius 1 is 0.833 bits per heavy atom. The quantitative estimate of drug-likeness (QED) is 0.228. The molecule has 0 aliphatic heterocycles. The Morgan fingerprint density at radius 2 is 1.43 bits per heavy atom. The molecule has 4 rings (SSSR count). The van der Waals surface area contributed by atoms with Crippen molar-refractivity contribution in [2.45, 2.75) is 37.8 Å². The van der Waals surface area contributed by atoms with E-state index in [1.807, 2.05) is 49.4 Å². The fourth-order valence-corrected chi connectivity index (χ4v) is 6.43.